The van der Waals surface area contributed by atoms with Gasteiger partial charge in [-0.1, -0.05) is 0 Å². The fourth-order valence-corrected chi connectivity index (χ4v) is 3.09. The predicted octanol–water partition coefficient (Wildman–Crippen LogP) is -0.249. The second kappa shape index (κ2) is 6.75. The van der Waals surface area contributed by atoms with Crippen LogP contribution in [0.25, 0.3) is 0 Å². The van der Waals surface area contributed by atoms with E-state index in [4.69, 9.17) is 0 Å². The Kier molecular flexibility index (Phi) is 5.22. The summed E-state index contributed by atoms with van der Waals surface area (Å²) in [6, 6.07) is 0. The highest BCUT2D eigenvalue weighted by atomic mass is 16.2. The number of hydrogen-bond acceptors (Lipinski definition) is 4. The first-order valence-corrected chi connectivity index (χ1v) is 7.89. The van der Waals surface area contributed by atoms with Crippen LogP contribution in [0.2, 0.25) is 0 Å². The number of rotatable bonds is 3. The lowest BCUT2D eigenvalue weighted by atomic mass is 9.98. The maximum Gasteiger partial charge on any atom is 0.242 e. The molecule has 2 saturated heterocycles. The van der Waals surface area contributed by atoms with E-state index < -0.39 is 0 Å². The second-order valence-corrected chi connectivity index (χ2v) is 6.57. The molecule has 6 heteroatoms. The molecule has 21 heavy (non-hydrogen) atoms. The van der Waals surface area contributed by atoms with Crippen molar-refractivity contribution in [1.29, 1.82) is 0 Å². The number of nitrogens with zero attached hydrogens (tertiary/aromatic N) is 3. The van der Waals surface area contributed by atoms with Gasteiger partial charge in [0.2, 0.25) is 11.8 Å². The standard InChI is InChI=1S/C15H28N4O2/c1-15(6-4-7-16-15)14(21)19-9-5-8-18(10-11-19)12-13(20)17(2)3/h16H,4-12H2,1-3H3. The highest BCUT2D eigenvalue weighted by molar-refractivity contribution is 5.86. The molecule has 2 aliphatic rings. The van der Waals surface area contributed by atoms with Crippen LogP contribution in [0.1, 0.15) is 26.2 Å². The molecule has 0 aromatic heterocycles. The van der Waals surface area contributed by atoms with E-state index in [1.54, 1.807) is 19.0 Å². The Morgan fingerprint density at radius 2 is 1.90 bits per heavy atom. The zero-order chi connectivity index (χ0) is 15.5. The maximum atomic E-state index is 12.7. The van der Waals surface area contributed by atoms with Crippen molar-refractivity contribution in [1.82, 2.24) is 20.0 Å². The summed E-state index contributed by atoms with van der Waals surface area (Å²) in [5.74, 6) is 0.347. The fraction of sp³-hybridized carbons (Fsp3) is 0.867. The molecule has 2 fully saturated rings. The van der Waals surface area contributed by atoms with E-state index >= 15 is 0 Å². The highest BCUT2D eigenvalue weighted by Gasteiger charge is 2.39. The van der Waals surface area contributed by atoms with Gasteiger partial charge in [0.05, 0.1) is 12.1 Å². The van der Waals surface area contributed by atoms with E-state index in [1.165, 1.54) is 0 Å². The summed E-state index contributed by atoms with van der Waals surface area (Å²) in [7, 11) is 3.56. The molecule has 0 aromatic rings. The van der Waals surface area contributed by atoms with E-state index in [2.05, 4.69) is 10.2 Å². The van der Waals surface area contributed by atoms with Crippen molar-refractivity contribution in [2.45, 2.75) is 31.7 Å². The number of carbonyl (C=O) groups excluding carboxylic acids is 2. The van der Waals surface area contributed by atoms with Gasteiger partial charge >= 0.3 is 0 Å². The Morgan fingerprint density at radius 1 is 1.14 bits per heavy atom. The molecule has 0 spiro atoms. The summed E-state index contributed by atoms with van der Waals surface area (Å²) in [5, 5.41) is 3.34. The molecule has 2 amide bonds. The van der Waals surface area contributed by atoms with Gasteiger partial charge in [0, 0.05) is 40.3 Å². The Hall–Kier alpha value is -1.14. The van der Waals surface area contributed by atoms with Crippen molar-refractivity contribution in [3.63, 3.8) is 0 Å². The summed E-state index contributed by atoms with van der Waals surface area (Å²) in [4.78, 5) is 30.2. The molecule has 1 atom stereocenters. The zero-order valence-corrected chi connectivity index (χ0v) is 13.5. The van der Waals surface area contributed by atoms with Gasteiger partial charge in [-0.05, 0) is 32.7 Å². The zero-order valence-electron chi connectivity index (χ0n) is 13.5. The normalized spacial score (nSPS) is 27.5. The summed E-state index contributed by atoms with van der Waals surface area (Å²) >= 11 is 0. The number of carbonyl (C=O) groups is 2. The van der Waals surface area contributed by atoms with Crippen LogP contribution in [0.3, 0.4) is 0 Å². The summed E-state index contributed by atoms with van der Waals surface area (Å²) in [6.07, 6.45) is 2.92. The Labute approximate surface area is 127 Å². The number of amides is 2. The molecule has 1 N–H and O–H groups in total. The fourth-order valence-electron chi connectivity index (χ4n) is 3.09. The van der Waals surface area contributed by atoms with Gasteiger partial charge in [-0.15, -0.1) is 0 Å². The molecule has 6 nitrogen and oxygen atoms in total. The van der Waals surface area contributed by atoms with E-state index in [0.717, 1.165) is 52.0 Å². The van der Waals surface area contributed by atoms with Gasteiger partial charge < -0.3 is 15.1 Å². The van der Waals surface area contributed by atoms with Crippen LogP contribution in [0, 0.1) is 0 Å². The first-order chi connectivity index (χ1) is 9.92. The molecule has 120 valence electrons. The Morgan fingerprint density at radius 3 is 2.52 bits per heavy atom. The molecule has 0 bridgehead atoms. The largest absolute Gasteiger partial charge is 0.348 e. The van der Waals surface area contributed by atoms with E-state index in [1.807, 2.05) is 11.8 Å². The maximum absolute atomic E-state index is 12.7. The van der Waals surface area contributed by atoms with Crippen molar-refractivity contribution >= 4 is 11.8 Å². The molecule has 0 radical (unpaired) electrons. The van der Waals surface area contributed by atoms with Gasteiger partial charge in [0.1, 0.15) is 0 Å². The first kappa shape index (κ1) is 16.2. The van der Waals surface area contributed by atoms with Crippen molar-refractivity contribution in [3.05, 3.63) is 0 Å². The smallest absolute Gasteiger partial charge is 0.242 e. The van der Waals surface area contributed by atoms with Gasteiger partial charge in [0.25, 0.3) is 0 Å². The molecule has 0 saturated carbocycles. The Balaban J connectivity index is 1.88. The van der Waals surface area contributed by atoms with E-state index in [0.29, 0.717) is 6.54 Å². The first-order valence-electron chi connectivity index (χ1n) is 7.89. The molecule has 1 unspecified atom stereocenters. The summed E-state index contributed by atoms with van der Waals surface area (Å²) < 4.78 is 0. The lowest BCUT2D eigenvalue weighted by Gasteiger charge is -2.31. The minimum atomic E-state index is -0.380. The van der Waals surface area contributed by atoms with Crippen LogP contribution in [-0.4, -0.2) is 85.4 Å². The van der Waals surface area contributed by atoms with E-state index in [9.17, 15) is 9.59 Å². The van der Waals surface area contributed by atoms with Crippen molar-refractivity contribution in [2.75, 3.05) is 53.4 Å². The molecule has 2 heterocycles. The average molecular weight is 296 g/mol. The van der Waals surface area contributed by atoms with Crippen molar-refractivity contribution in [2.24, 2.45) is 0 Å². The molecule has 2 aliphatic heterocycles. The third-order valence-electron chi connectivity index (χ3n) is 4.57. The van der Waals surface area contributed by atoms with Crippen molar-refractivity contribution in [3.8, 4) is 0 Å². The monoisotopic (exact) mass is 296 g/mol. The predicted molar refractivity (Wildman–Crippen MR) is 82.0 cm³/mol. The van der Waals surface area contributed by atoms with Crippen LogP contribution in [-0.2, 0) is 9.59 Å². The topological polar surface area (TPSA) is 55.9 Å². The number of likely N-dealkylation sites (N-methyl/N-ethyl adjacent to an activating group) is 1. The lowest BCUT2D eigenvalue weighted by Crippen LogP contribution is -2.53. The van der Waals surface area contributed by atoms with Gasteiger partial charge in [-0.25, -0.2) is 0 Å². The summed E-state index contributed by atoms with van der Waals surface area (Å²) in [6.45, 7) is 6.57. The minimum Gasteiger partial charge on any atom is -0.348 e. The third-order valence-corrected chi connectivity index (χ3v) is 4.57. The highest BCUT2D eigenvalue weighted by Crippen LogP contribution is 2.22. The minimum absolute atomic E-state index is 0.124. The Bertz CT molecular complexity index is 391. The molecule has 0 aliphatic carbocycles. The average Bonchev–Trinajstić information content (AvgIpc) is 2.76. The van der Waals surface area contributed by atoms with Crippen molar-refractivity contribution < 1.29 is 9.59 Å². The summed E-state index contributed by atoms with van der Waals surface area (Å²) in [5.41, 5.74) is -0.380. The van der Waals surface area contributed by atoms with Gasteiger partial charge in [0.15, 0.2) is 0 Å². The quantitative estimate of drug-likeness (QED) is 0.780. The van der Waals surface area contributed by atoms with Gasteiger partial charge in [-0.3, -0.25) is 14.5 Å². The third kappa shape index (κ3) is 3.95. The number of nitrogens with one attached hydrogen (secondary N) is 1. The van der Waals surface area contributed by atoms with Crippen LogP contribution >= 0.6 is 0 Å². The molecular weight excluding hydrogens is 268 g/mol. The lowest BCUT2D eigenvalue weighted by molar-refractivity contribution is -0.137. The van der Waals surface area contributed by atoms with E-state index in [-0.39, 0.29) is 17.4 Å². The second-order valence-electron chi connectivity index (χ2n) is 6.57. The molecule has 2 rings (SSSR count). The van der Waals surface area contributed by atoms with Crippen LogP contribution in [0.15, 0.2) is 0 Å². The molecular formula is C15H28N4O2. The SMILES string of the molecule is CN(C)C(=O)CN1CCCN(C(=O)C2(C)CCCN2)CC1. The molecule has 0 aromatic carbocycles. The van der Waals surface area contributed by atoms with Gasteiger partial charge in [-0.2, -0.15) is 0 Å². The number of hydrogen-bond donors (Lipinski definition) is 1. The van der Waals surface area contributed by atoms with Crippen LogP contribution in [0.5, 0.6) is 0 Å². The van der Waals surface area contributed by atoms with Crippen LogP contribution in [0.4, 0.5) is 0 Å². The van der Waals surface area contributed by atoms with Crippen LogP contribution < -0.4 is 5.32 Å².